The topological polar surface area (TPSA) is 27.3 Å². The number of rotatable bonds is 2. The minimum Gasteiger partial charge on any atom is -0.317 e. The lowest BCUT2D eigenvalue weighted by atomic mass is 9.78. The third kappa shape index (κ3) is 2.51. The average Bonchev–Trinajstić information content (AvgIpc) is 2.89. The van der Waals surface area contributed by atoms with Crippen molar-refractivity contribution in [3.05, 3.63) is 0 Å². The number of likely N-dealkylation sites (tertiary alicyclic amines) is 1. The molecule has 3 saturated heterocycles. The van der Waals surface area contributed by atoms with Gasteiger partial charge in [0.15, 0.2) is 0 Å². The van der Waals surface area contributed by atoms with Crippen LogP contribution in [0.25, 0.3) is 0 Å². The van der Waals surface area contributed by atoms with Crippen molar-refractivity contribution in [2.24, 2.45) is 10.8 Å². The van der Waals surface area contributed by atoms with Gasteiger partial charge < -0.3 is 15.5 Å². The lowest BCUT2D eigenvalue weighted by Crippen LogP contribution is -2.41. The highest BCUT2D eigenvalue weighted by Crippen LogP contribution is 2.40. The molecule has 2 N–H and O–H groups in total. The highest BCUT2D eigenvalue weighted by Gasteiger charge is 2.41. The largest absolute Gasteiger partial charge is 0.317 e. The van der Waals surface area contributed by atoms with Crippen LogP contribution >= 0.6 is 0 Å². The summed E-state index contributed by atoms with van der Waals surface area (Å²) < 4.78 is 0. The number of nitrogens with zero attached hydrogens (tertiary/aromatic N) is 1. The van der Waals surface area contributed by atoms with Gasteiger partial charge in [-0.25, -0.2) is 0 Å². The van der Waals surface area contributed by atoms with E-state index in [2.05, 4.69) is 22.5 Å². The molecular weight excluding hydrogens is 210 g/mol. The molecule has 0 aromatic rings. The summed E-state index contributed by atoms with van der Waals surface area (Å²) in [4.78, 5) is 2.75. The third-order valence-corrected chi connectivity index (χ3v) is 5.24. The number of hydrogen-bond donors (Lipinski definition) is 2. The SMILES string of the molecule is CC1(CN2CCC3(CCNCC3)C2)CCNC1. The van der Waals surface area contributed by atoms with Gasteiger partial charge in [0.05, 0.1) is 0 Å². The van der Waals surface area contributed by atoms with Crippen LogP contribution < -0.4 is 10.6 Å². The van der Waals surface area contributed by atoms with Gasteiger partial charge in [0.1, 0.15) is 0 Å². The van der Waals surface area contributed by atoms with Gasteiger partial charge >= 0.3 is 0 Å². The summed E-state index contributed by atoms with van der Waals surface area (Å²) in [6.45, 7) is 11.4. The fraction of sp³-hybridized carbons (Fsp3) is 1.00. The van der Waals surface area contributed by atoms with Gasteiger partial charge in [0.25, 0.3) is 0 Å². The van der Waals surface area contributed by atoms with Crippen molar-refractivity contribution in [2.75, 3.05) is 45.8 Å². The maximum Gasteiger partial charge on any atom is 0.00482 e. The van der Waals surface area contributed by atoms with Crippen LogP contribution in [0.4, 0.5) is 0 Å². The Kier molecular flexibility index (Phi) is 3.18. The summed E-state index contributed by atoms with van der Waals surface area (Å²) in [7, 11) is 0. The summed E-state index contributed by atoms with van der Waals surface area (Å²) in [5.41, 5.74) is 1.21. The Hall–Kier alpha value is -0.120. The van der Waals surface area contributed by atoms with Crippen molar-refractivity contribution in [1.29, 1.82) is 0 Å². The highest BCUT2D eigenvalue weighted by atomic mass is 15.2. The zero-order valence-corrected chi connectivity index (χ0v) is 11.2. The van der Waals surface area contributed by atoms with Gasteiger partial charge in [0.2, 0.25) is 0 Å². The van der Waals surface area contributed by atoms with Crippen molar-refractivity contribution in [3.63, 3.8) is 0 Å². The van der Waals surface area contributed by atoms with Gasteiger partial charge in [-0.2, -0.15) is 0 Å². The molecule has 3 nitrogen and oxygen atoms in total. The molecule has 1 atom stereocenters. The van der Waals surface area contributed by atoms with Gasteiger partial charge in [-0.1, -0.05) is 6.92 Å². The van der Waals surface area contributed by atoms with Crippen LogP contribution in [0.15, 0.2) is 0 Å². The van der Waals surface area contributed by atoms with E-state index in [1.165, 1.54) is 71.5 Å². The molecule has 0 radical (unpaired) electrons. The Morgan fingerprint density at radius 1 is 1.00 bits per heavy atom. The molecule has 3 rings (SSSR count). The predicted molar refractivity (Wildman–Crippen MR) is 71.2 cm³/mol. The van der Waals surface area contributed by atoms with E-state index < -0.39 is 0 Å². The first-order valence-corrected chi connectivity index (χ1v) is 7.34. The minimum absolute atomic E-state index is 0.540. The average molecular weight is 237 g/mol. The molecule has 98 valence electrons. The maximum atomic E-state index is 3.52. The lowest BCUT2D eigenvalue weighted by Gasteiger charge is -2.35. The van der Waals surface area contributed by atoms with E-state index in [9.17, 15) is 0 Å². The molecule has 0 aromatic heterocycles. The summed E-state index contributed by atoms with van der Waals surface area (Å²) in [6.07, 6.45) is 5.60. The lowest BCUT2D eigenvalue weighted by molar-refractivity contribution is 0.161. The van der Waals surface area contributed by atoms with Crippen molar-refractivity contribution >= 4 is 0 Å². The zero-order chi connectivity index (χ0) is 11.8. The monoisotopic (exact) mass is 237 g/mol. The van der Waals surface area contributed by atoms with Crippen LogP contribution in [0.2, 0.25) is 0 Å². The van der Waals surface area contributed by atoms with Gasteiger partial charge in [-0.05, 0) is 62.7 Å². The summed E-state index contributed by atoms with van der Waals surface area (Å²) in [5.74, 6) is 0. The van der Waals surface area contributed by atoms with Crippen molar-refractivity contribution in [1.82, 2.24) is 15.5 Å². The molecule has 3 fully saturated rings. The first-order chi connectivity index (χ1) is 8.20. The molecule has 0 aliphatic carbocycles. The highest BCUT2D eigenvalue weighted by molar-refractivity contribution is 4.96. The van der Waals surface area contributed by atoms with Crippen LogP contribution in [0.3, 0.4) is 0 Å². The van der Waals surface area contributed by atoms with Gasteiger partial charge in [-0.15, -0.1) is 0 Å². The van der Waals surface area contributed by atoms with E-state index in [0.29, 0.717) is 10.8 Å². The van der Waals surface area contributed by atoms with Crippen LogP contribution in [-0.4, -0.2) is 50.7 Å². The second kappa shape index (κ2) is 4.52. The van der Waals surface area contributed by atoms with E-state index in [4.69, 9.17) is 0 Å². The standard InChI is InChI=1S/C14H27N3/c1-13(2-6-16-10-13)11-17-9-5-14(12-17)3-7-15-8-4-14/h15-16H,2-12H2,1H3. The minimum atomic E-state index is 0.540. The number of piperidine rings is 1. The fourth-order valence-electron chi connectivity index (χ4n) is 4.07. The molecule has 3 heteroatoms. The van der Waals surface area contributed by atoms with E-state index in [1.807, 2.05) is 0 Å². The van der Waals surface area contributed by atoms with E-state index >= 15 is 0 Å². The normalized spacial score (nSPS) is 37.9. The van der Waals surface area contributed by atoms with Crippen molar-refractivity contribution < 1.29 is 0 Å². The van der Waals surface area contributed by atoms with Crippen LogP contribution in [0.1, 0.15) is 32.6 Å². The number of nitrogens with one attached hydrogen (secondary N) is 2. The second-order valence-corrected chi connectivity index (χ2v) is 6.95. The summed E-state index contributed by atoms with van der Waals surface area (Å²) in [5, 5.41) is 7.02. The molecule has 1 spiro atoms. The van der Waals surface area contributed by atoms with Crippen molar-refractivity contribution in [2.45, 2.75) is 32.6 Å². The van der Waals surface area contributed by atoms with Crippen molar-refractivity contribution in [3.8, 4) is 0 Å². The molecule has 0 bridgehead atoms. The molecule has 0 saturated carbocycles. The Morgan fingerprint density at radius 2 is 1.76 bits per heavy atom. The van der Waals surface area contributed by atoms with Gasteiger partial charge in [0, 0.05) is 19.6 Å². The molecular formula is C14H27N3. The molecule has 3 aliphatic rings. The predicted octanol–water partition coefficient (Wildman–Crippen LogP) is 1.06. The third-order valence-electron chi connectivity index (χ3n) is 5.24. The van der Waals surface area contributed by atoms with Crippen LogP contribution in [0, 0.1) is 10.8 Å². The van der Waals surface area contributed by atoms with Crippen LogP contribution in [-0.2, 0) is 0 Å². The quantitative estimate of drug-likeness (QED) is 0.752. The molecule has 3 heterocycles. The van der Waals surface area contributed by atoms with Gasteiger partial charge in [-0.3, -0.25) is 0 Å². The number of hydrogen-bond acceptors (Lipinski definition) is 3. The zero-order valence-electron chi connectivity index (χ0n) is 11.2. The Balaban J connectivity index is 1.56. The van der Waals surface area contributed by atoms with E-state index in [0.717, 1.165) is 0 Å². The first kappa shape index (κ1) is 11.9. The molecule has 17 heavy (non-hydrogen) atoms. The molecule has 3 aliphatic heterocycles. The second-order valence-electron chi connectivity index (χ2n) is 6.95. The van der Waals surface area contributed by atoms with E-state index in [1.54, 1.807) is 0 Å². The first-order valence-electron chi connectivity index (χ1n) is 7.34. The maximum absolute atomic E-state index is 3.52. The molecule has 1 unspecified atom stereocenters. The Morgan fingerprint density at radius 3 is 2.47 bits per heavy atom. The fourth-order valence-corrected chi connectivity index (χ4v) is 4.07. The van der Waals surface area contributed by atoms with E-state index in [-0.39, 0.29) is 0 Å². The Bertz CT molecular complexity index is 265. The smallest absolute Gasteiger partial charge is 0.00482 e. The summed E-state index contributed by atoms with van der Waals surface area (Å²) in [6, 6.07) is 0. The Labute approximate surface area is 105 Å². The molecule has 0 amide bonds. The summed E-state index contributed by atoms with van der Waals surface area (Å²) >= 11 is 0. The van der Waals surface area contributed by atoms with Crippen LogP contribution in [0.5, 0.6) is 0 Å². The molecule has 0 aromatic carbocycles.